The summed E-state index contributed by atoms with van der Waals surface area (Å²) in [6.07, 6.45) is 0.434. The first-order valence-corrected chi connectivity index (χ1v) is 9.42. The van der Waals surface area contributed by atoms with Crippen LogP contribution in [0.2, 0.25) is 5.02 Å². The lowest BCUT2D eigenvalue weighted by Crippen LogP contribution is -2.30. The molecule has 2 rings (SSSR count). The second kappa shape index (κ2) is 9.91. The van der Waals surface area contributed by atoms with Crippen LogP contribution < -0.4 is 10.1 Å². The number of Topliss-reactive ketones (excluding diaryl/α,β-unsaturated/α-hetero) is 1. The van der Waals surface area contributed by atoms with Gasteiger partial charge in [-0.2, -0.15) is 5.26 Å². The molecule has 0 aromatic heterocycles. The maximum atomic E-state index is 12.7. The number of ether oxygens (including phenoxy) is 1. The number of rotatable bonds is 8. The number of hydrogen-bond acceptors (Lipinski definition) is 4. The summed E-state index contributed by atoms with van der Waals surface area (Å²) in [4.78, 5) is 25.0. The molecule has 0 radical (unpaired) electrons. The molecule has 2 aromatic rings. The summed E-state index contributed by atoms with van der Waals surface area (Å²) in [5.74, 6) is -0.367. The molecule has 6 heteroatoms. The number of nitriles is 1. The smallest absolute Gasteiger partial charge is 0.223 e. The molecule has 0 saturated carbocycles. The fraction of sp³-hybridized carbons (Fsp3) is 0.318. The van der Waals surface area contributed by atoms with Gasteiger partial charge in [-0.05, 0) is 56.2 Å². The van der Waals surface area contributed by atoms with Crippen LogP contribution in [0, 0.1) is 17.2 Å². The summed E-state index contributed by atoms with van der Waals surface area (Å²) in [5, 5.41) is 11.9. The zero-order chi connectivity index (χ0) is 20.7. The van der Waals surface area contributed by atoms with Gasteiger partial charge in [0.2, 0.25) is 5.91 Å². The van der Waals surface area contributed by atoms with Crippen molar-refractivity contribution in [3.05, 3.63) is 64.2 Å². The van der Waals surface area contributed by atoms with Crippen LogP contribution in [0.5, 0.6) is 5.75 Å². The van der Waals surface area contributed by atoms with E-state index < -0.39 is 5.92 Å². The lowest BCUT2D eigenvalue weighted by molar-refractivity contribution is -0.124. The fourth-order valence-electron chi connectivity index (χ4n) is 2.83. The molecular weight excluding hydrogens is 376 g/mol. The van der Waals surface area contributed by atoms with Crippen molar-refractivity contribution in [2.24, 2.45) is 5.92 Å². The SMILES string of the molecule is CNC(=O)[C@@H](CC(=O)c1ccc(OC(C)C)c(Cl)c1)Cc1ccc(C#N)cc1. The van der Waals surface area contributed by atoms with E-state index in [1.54, 1.807) is 49.5 Å². The van der Waals surface area contributed by atoms with Crippen LogP contribution >= 0.6 is 11.6 Å². The minimum Gasteiger partial charge on any atom is -0.489 e. The van der Waals surface area contributed by atoms with Gasteiger partial charge < -0.3 is 10.1 Å². The van der Waals surface area contributed by atoms with Crippen LogP contribution in [0.3, 0.4) is 0 Å². The lowest BCUT2D eigenvalue weighted by atomic mass is 9.91. The number of nitrogens with one attached hydrogen (secondary N) is 1. The first-order chi connectivity index (χ1) is 13.3. The topological polar surface area (TPSA) is 79.2 Å². The third-order valence-electron chi connectivity index (χ3n) is 4.23. The van der Waals surface area contributed by atoms with Crippen molar-refractivity contribution < 1.29 is 14.3 Å². The third-order valence-corrected chi connectivity index (χ3v) is 4.53. The molecule has 0 heterocycles. The second-order valence-corrected chi connectivity index (χ2v) is 7.17. The molecule has 0 aliphatic rings. The lowest BCUT2D eigenvalue weighted by Gasteiger charge is -2.16. The molecule has 0 aliphatic carbocycles. The van der Waals surface area contributed by atoms with E-state index >= 15 is 0 Å². The van der Waals surface area contributed by atoms with E-state index in [-0.39, 0.29) is 24.2 Å². The Kier molecular flexibility index (Phi) is 7.60. The molecule has 146 valence electrons. The monoisotopic (exact) mass is 398 g/mol. The maximum absolute atomic E-state index is 12.7. The molecule has 5 nitrogen and oxygen atoms in total. The normalized spacial score (nSPS) is 11.6. The second-order valence-electron chi connectivity index (χ2n) is 6.76. The van der Waals surface area contributed by atoms with Crippen LogP contribution in [0.25, 0.3) is 0 Å². The molecule has 1 N–H and O–H groups in total. The van der Waals surface area contributed by atoms with Gasteiger partial charge >= 0.3 is 0 Å². The number of amides is 1. The minimum atomic E-state index is -0.518. The van der Waals surface area contributed by atoms with Gasteiger partial charge in [-0.25, -0.2) is 0 Å². The van der Waals surface area contributed by atoms with Gasteiger partial charge in [0.1, 0.15) is 5.75 Å². The Morgan fingerprint density at radius 1 is 1.18 bits per heavy atom. The van der Waals surface area contributed by atoms with E-state index in [1.807, 2.05) is 13.8 Å². The Balaban J connectivity index is 2.15. The molecule has 0 fully saturated rings. The summed E-state index contributed by atoms with van der Waals surface area (Å²) in [6, 6.07) is 14.0. The highest BCUT2D eigenvalue weighted by Gasteiger charge is 2.23. The van der Waals surface area contributed by atoms with Crippen molar-refractivity contribution in [1.29, 1.82) is 5.26 Å². The van der Waals surface area contributed by atoms with Crippen LogP contribution in [-0.2, 0) is 11.2 Å². The summed E-state index contributed by atoms with van der Waals surface area (Å²) in [7, 11) is 1.55. The molecule has 0 aliphatic heterocycles. The van der Waals surface area contributed by atoms with Crippen molar-refractivity contribution in [2.45, 2.75) is 32.8 Å². The van der Waals surface area contributed by atoms with Crippen LogP contribution in [-0.4, -0.2) is 24.8 Å². The highest BCUT2D eigenvalue weighted by Crippen LogP contribution is 2.27. The minimum absolute atomic E-state index is 0.0240. The van der Waals surface area contributed by atoms with Crippen molar-refractivity contribution in [3.8, 4) is 11.8 Å². The fourth-order valence-corrected chi connectivity index (χ4v) is 3.05. The zero-order valence-corrected chi connectivity index (χ0v) is 16.9. The van der Waals surface area contributed by atoms with Crippen LogP contribution in [0.15, 0.2) is 42.5 Å². The van der Waals surface area contributed by atoms with Gasteiger partial charge in [0.05, 0.1) is 22.8 Å². The van der Waals surface area contributed by atoms with E-state index in [4.69, 9.17) is 21.6 Å². The van der Waals surface area contributed by atoms with Gasteiger partial charge in [0.15, 0.2) is 5.78 Å². The Bertz CT molecular complexity index is 886. The highest BCUT2D eigenvalue weighted by atomic mass is 35.5. The Labute approximate surface area is 170 Å². The standard InChI is InChI=1S/C22H23ClN2O3/c1-14(2)28-21-9-8-17(11-19(21)23)20(26)12-18(22(27)25-3)10-15-4-6-16(13-24)7-5-15/h4-9,11,14,18H,10,12H2,1-3H3,(H,25,27)/t18-/m1/s1. The number of halogens is 1. The van der Waals surface area contributed by atoms with E-state index in [9.17, 15) is 9.59 Å². The number of ketones is 1. The number of hydrogen-bond donors (Lipinski definition) is 1. The summed E-state index contributed by atoms with van der Waals surface area (Å²) in [5.41, 5.74) is 1.88. The molecular formula is C22H23ClN2O3. The molecule has 1 amide bonds. The first-order valence-electron chi connectivity index (χ1n) is 9.04. The van der Waals surface area contributed by atoms with Crippen molar-refractivity contribution >= 4 is 23.3 Å². The Hall–Kier alpha value is -2.84. The molecule has 0 unspecified atom stereocenters. The first kappa shape index (κ1) is 21.5. The summed E-state index contributed by atoms with van der Waals surface area (Å²) >= 11 is 6.22. The molecule has 0 bridgehead atoms. The maximum Gasteiger partial charge on any atom is 0.223 e. The predicted molar refractivity (Wildman–Crippen MR) is 109 cm³/mol. The quantitative estimate of drug-likeness (QED) is 0.676. The number of benzene rings is 2. The highest BCUT2D eigenvalue weighted by molar-refractivity contribution is 6.32. The predicted octanol–water partition coefficient (Wildman–Crippen LogP) is 4.18. The van der Waals surface area contributed by atoms with Gasteiger partial charge in [0, 0.05) is 24.9 Å². The van der Waals surface area contributed by atoms with Gasteiger partial charge in [0.25, 0.3) is 0 Å². The van der Waals surface area contributed by atoms with E-state index in [1.165, 1.54) is 0 Å². The third kappa shape index (κ3) is 5.83. The summed E-state index contributed by atoms with van der Waals surface area (Å²) < 4.78 is 5.58. The Morgan fingerprint density at radius 2 is 1.86 bits per heavy atom. The molecule has 0 saturated heterocycles. The average molecular weight is 399 g/mol. The van der Waals surface area contributed by atoms with Gasteiger partial charge in [-0.1, -0.05) is 23.7 Å². The van der Waals surface area contributed by atoms with Crippen molar-refractivity contribution in [1.82, 2.24) is 5.32 Å². The van der Waals surface area contributed by atoms with E-state index in [2.05, 4.69) is 11.4 Å². The zero-order valence-electron chi connectivity index (χ0n) is 16.2. The number of nitrogens with zero attached hydrogens (tertiary/aromatic N) is 1. The van der Waals surface area contributed by atoms with E-state index in [0.29, 0.717) is 28.3 Å². The molecule has 2 aromatic carbocycles. The van der Waals surface area contributed by atoms with Crippen molar-refractivity contribution in [2.75, 3.05) is 7.05 Å². The number of carbonyl (C=O) groups is 2. The largest absolute Gasteiger partial charge is 0.489 e. The van der Waals surface area contributed by atoms with Crippen LogP contribution in [0.4, 0.5) is 0 Å². The van der Waals surface area contributed by atoms with Crippen molar-refractivity contribution in [3.63, 3.8) is 0 Å². The Morgan fingerprint density at radius 3 is 2.39 bits per heavy atom. The molecule has 28 heavy (non-hydrogen) atoms. The van der Waals surface area contributed by atoms with E-state index in [0.717, 1.165) is 5.56 Å². The summed E-state index contributed by atoms with van der Waals surface area (Å²) in [6.45, 7) is 3.79. The van der Waals surface area contributed by atoms with Gasteiger partial charge in [-0.15, -0.1) is 0 Å². The molecule has 1 atom stereocenters. The van der Waals surface area contributed by atoms with Crippen LogP contribution in [0.1, 0.15) is 41.8 Å². The average Bonchev–Trinajstić information content (AvgIpc) is 2.68. The molecule has 0 spiro atoms. The van der Waals surface area contributed by atoms with Gasteiger partial charge in [-0.3, -0.25) is 9.59 Å². The number of carbonyl (C=O) groups excluding carboxylic acids is 2.